The molecule has 0 bridgehead atoms. The predicted molar refractivity (Wildman–Crippen MR) is 87.5 cm³/mol. The number of hydrogen-bond donors (Lipinski definition) is 1. The summed E-state index contributed by atoms with van der Waals surface area (Å²) in [6.45, 7) is 8.67. The maximum atomic E-state index is 12.3. The minimum absolute atomic E-state index is 0.149. The molecule has 2 saturated heterocycles. The Bertz CT molecular complexity index is 315. The minimum atomic E-state index is 0.149. The van der Waals surface area contributed by atoms with Crippen molar-refractivity contribution in [2.75, 3.05) is 26.2 Å². The average molecular weight is 295 g/mol. The van der Waals surface area contributed by atoms with Crippen LogP contribution in [-0.4, -0.2) is 54.1 Å². The standard InChI is InChI=1S/C17H33N3O/c1-3-4-6-10-18-17(21)20-13-9-16(14-15(20)2)19-11-7-5-8-12-19/h15-16H,3-14H2,1-2H3,(H,18,21). The third-order valence-electron chi connectivity index (χ3n) is 5.07. The van der Waals surface area contributed by atoms with Gasteiger partial charge in [0.25, 0.3) is 0 Å². The number of nitrogens with one attached hydrogen (secondary N) is 1. The summed E-state index contributed by atoms with van der Waals surface area (Å²) in [4.78, 5) is 17.0. The second kappa shape index (κ2) is 8.62. The monoisotopic (exact) mass is 295 g/mol. The van der Waals surface area contributed by atoms with E-state index in [-0.39, 0.29) is 6.03 Å². The van der Waals surface area contributed by atoms with Gasteiger partial charge in [0.15, 0.2) is 0 Å². The van der Waals surface area contributed by atoms with Crippen LogP contribution >= 0.6 is 0 Å². The summed E-state index contributed by atoms with van der Waals surface area (Å²) in [6.07, 6.45) is 9.89. The van der Waals surface area contributed by atoms with E-state index in [4.69, 9.17) is 0 Å². The van der Waals surface area contributed by atoms with Crippen LogP contribution in [0.4, 0.5) is 4.79 Å². The van der Waals surface area contributed by atoms with Crippen LogP contribution in [0.2, 0.25) is 0 Å². The van der Waals surface area contributed by atoms with Crippen molar-refractivity contribution in [3.05, 3.63) is 0 Å². The first-order chi connectivity index (χ1) is 10.2. The van der Waals surface area contributed by atoms with Crippen LogP contribution in [-0.2, 0) is 0 Å². The van der Waals surface area contributed by atoms with Crippen molar-refractivity contribution in [2.24, 2.45) is 0 Å². The molecule has 0 radical (unpaired) electrons. The molecule has 2 fully saturated rings. The molecule has 2 aliphatic heterocycles. The van der Waals surface area contributed by atoms with E-state index in [2.05, 4.69) is 24.1 Å². The van der Waals surface area contributed by atoms with Crippen LogP contribution in [0.3, 0.4) is 0 Å². The molecule has 2 heterocycles. The molecule has 122 valence electrons. The zero-order chi connectivity index (χ0) is 15.1. The van der Waals surface area contributed by atoms with Gasteiger partial charge in [0, 0.05) is 25.2 Å². The maximum absolute atomic E-state index is 12.3. The van der Waals surface area contributed by atoms with Crippen molar-refractivity contribution < 1.29 is 4.79 Å². The van der Waals surface area contributed by atoms with E-state index in [1.54, 1.807) is 0 Å². The molecule has 1 N–H and O–H groups in total. The van der Waals surface area contributed by atoms with Gasteiger partial charge in [0.1, 0.15) is 0 Å². The van der Waals surface area contributed by atoms with E-state index < -0.39 is 0 Å². The Labute approximate surface area is 130 Å². The van der Waals surface area contributed by atoms with Crippen molar-refractivity contribution in [3.8, 4) is 0 Å². The number of rotatable bonds is 5. The molecule has 2 aliphatic rings. The third kappa shape index (κ3) is 4.87. The largest absolute Gasteiger partial charge is 0.338 e. The highest BCUT2D eigenvalue weighted by atomic mass is 16.2. The minimum Gasteiger partial charge on any atom is -0.338 e. The highest BCUT2D eigenvalue weighted by molar-refractivity contribution is 5.74. The fourth-order valence-corrected chi connectivity index (χ4v) is 3.74. The van der Waals surface area contributed by atoms with Gasteiger partial charge in [-0.05, 0) is 52.1 Å². The highest BCUT2D eigenvalue weighted by Crippen LogP contribution is 2.24. The van der Waals surface area contributed by atoms with Gasteiger partial charge in [-0.1, -0.05) is 26.2 Å². The molecular weight excluding hydrogens is 262 g/mol. The molecule has 2 unspecified atom stereocenters. The van der Waals surface area contributed by atoms with Gasteiger partial charge in [0.05, 0.1) is 0 Å². The number of amides is 2. The summed E-state index contributed by atoms with van der Waals surface area (Å²) in [5.74, 6) is 0. The van der Waals surface area contributed by atoms with Crippen molar-refractivity contribution in [2.45, 2.75) is 77.3 Å². The molecule has 0 saturated carbocycles. The molecular formula is C17H33N3O. The van der Waals surface area contributed by atoms with Crippen molar-refractivity contribution in [3.63, 3.8) is 0 Å². The SMILES string of the molecule is CCCCCNC(=O)N1CCC(N2CCCCC2)CC1C. The second-order valence-electron chi connectivity index (χ2n) is 6.76. The van der Waals surface area contributed by atoms with Crippen LogP contribution in [0, 0.1) is 0 Å². The fourth-order valence-electron chi connectivity index (χ4n) is 3.74. The van der Waals surface area contributed by atoms with Crippen LogP contribution in [0.25, 0.3) is 0 Å². The summed E-state index contributed by atoms with van der Waals surface area (Å²) >= 11 is 0. The predicted octanol–water partition coefficient (Wildman–Crippen LogP) is 3.23. The number of carbonyl (C=O) groups is 1. The molecule has 0 aromatic carbocycles. The van der Waals surface area contributed by atoms with Crippen LogP contribution < -0.4 is 5.32 Å². The van der Waals surface area contributed by atoms with E-state index in [0.29, 0.717) is 12.1 Å². The summed E-state index contributed by atoms with van der Waals surface area (Å²) in [7, 11) is 0. The Hall–Kier alpha value is -0.770. The zero-order valence-corrected chi connectivity index (χ0v) is 13.9. The Morgan fingerprint density at radius 2 is 1.90 bits per heavy atom. The van der Waals surface area contributed by atoms with Gasteiger partial charge in [-0.25, -0.2) is 4.79 Å². The first-order valence-corrected chi connectivity index (χ1v) is 9.01. The Morgan fingerprint density at radius 3 is 2.57 bits per heavy atom. The van der Waals surface area contributed by atoms with Crippen molar-refractivity contribution >= 4 is 6.03 Å². The van der Waals surface area contributed by atoms with Crippen LogP contribution in [0.1, 0.15) is 65.2 Å². The summed E-state index contributed by atoms with van der Waals surface area (Å²) in [5, 5.41) is 3.09. The number of piperidine rings is 2. The van der Waals surface area contributed by atoms with Gasteiger partial charge >= 0.3 is 6.03 Å². The smallest absolute Gasteiger partial charge is 0.317 e. The zero-order valence-electron chi connectivity index (χ0n) is 13.9. The van der Waals surface area contributed by atoms with E-state index in [1.807, 2.05) is 4.90 Å². The van der Waals surface area contributed by atoms with E-state index in [9.17, 15) is 4.79 Å². The number of nitrogens with zero attached hydrogens (tertiary/aromatic N) is 2. The number of hydrogen-bond acceptors (Lipinski definition) is 2. The Morgan fingerprint density at radius 1 is 1.14 bits per heavy atom. The summed E-state index contributed by atoms with van der Waals surface area (Å²) < 4.78 is 0. The molecule has 0 aromatic heterocycles. The number of unbranched alkanes of at least 4 members (excludes halogenated alkanes) is 2. The lowest BCUT2D eigenvalue weighted by atomic mass is 9.95. The molecule has 2 atom stereocenters. The van der Waals surface area contributed by atoms with Gasteiger partial charge in [-0.15, -0.1) is 0 Å². The average Bonchev–Trinajstić information content (AvgIpc) is 2.52. The van der Waals surface area contributed by atoms with Gasteiger partial charge in [-0.3, -0.25) is 0 Å². The van der Waals surface area contributed by atoms with E-state index in [1.165, 1.54) is 45.2 Å². The molecule has 0 spiro atoms. The molecule has 0 aromatic rings. The molecule has 21 heavy (non-hydrogen) atoms. The van der Waals surface area contributed by atoms with E-state index >= 15 is 0 Å². The summed E-state index contributed by atoms with van der Waals surface area (Å²) in [5.41, 5.74) is 0. The van der Waals surface area contributed by atoms with Crippen LogP contribution in [0.5, 0.6) is 0 Å². The number of carbonyl (C=O) groups excluding carboxylic acids is 1. The quantitative estimate of drug-likeness (QED) is 0.790. The number of urea groups is 1. The van der Waals surface area contributed by atoms with E-state index in [0.717, 1.165) is 32.4 Å². The third-order valence-corrected chi connectivity index (χ3v) is 5.07. The lowest BCUT2D eigenvalue weighted by Gasteiger charge is -2.43. The molecule has 4 nitrogen and oxygen atoms in total. The fraction of sp³-hybridized carbons (Fsp3) is 0.941. The lowest BCUT2D eigenvalue weighted by Crippen LogP contribution is -2.54. The number of likely N-dealkylation sites (tertiary alicyclic amines) is 2. The van der Waals surface area contributed by atoms with Gasteiger partial charge in [-0.2, -0.15) is 0 Å². The topological polar surface area (TPSA) is 35.6 Å². The first-order valence-electron chi connectivity index (χ1n) is 9.01. The maximum Gasteiger partial charge on any atom is 0.317 e. The van der Waals surface area contributed by atoms with Crippen LogP contribution in [0.15, 0.2) is 0 Å². The molecule has 2 amide bonds. The molecule has 4 heteroatoms. The lowest BCUT2D eigenvalue weighted by molar-refractivity contribution is 0.0761. The molecule has 0 aliphatic carbocycles. The van der Waals surface area contributed by atoms with Gasteiger partial charge < -0.3 is 15.1 Å². The van der Waals surface area contributed by atoms with Gasteiger partial charge in [0.2, 0.25) is 0 Å². The highest BCUT2D eigenvalue weighted by Gasteiger charge is 2.31. The first kappa shape index (κ1) is 16.6. The van der Waals surface area contributed by atoms with Crippen molar-refractivity contribution in [1.29, 1.82) is 0 Å². The normalized spacial score (nSPS) is 27.6. The summed E-state index contributed by atoms with van der Waals surface area (Å²) in [6, 6.07) is 1.22. The second-order valence-corrected chi connectivity index (χ2v) is 6.76. The molecule has 2 rings (SSSR count). The Kier molecular flexibility index (Phi) is 6.81. The van der Waals surface area contributed by atoms with Crippen molar-refractivity contribution in [1.82, 2.24) is 15.1 Å². The Balaban J connectivity index is 1.73.